The van der Waals surface area contributed by atoms with Gasteiger partial charge in [-0.15, -0.1) is 0 Å². The Hall–Kier alpha value is -1.51. The summed E-state index contributed by atoms with van der Waals surface area (Å²) >= 11 is 0. The van der Waals surface area contributed by atoms with Gasteiger partial charge in [0.25, 0.3) is 0 Å². The van der Waals surface area contributed by atoms with Crippen molar-refractivity contribution in [1.82, 2.24) is 0 Å². The molecule has 0 unspecified atom stereocenters. The molecule has 0 saturated carbocycles. The molecular formula is C13H18O3. The predicted octanol–water partition coefficient (Wildman–Crippen LogP) is 3.18. The molecule has 0 atom stereocenters. The Morgan fingerprint density at radius 2 is 1.88 bits per heavy atom. The summed E-state index contributed by atoms with van der Waals surface area (Å²) in [6.07, 6.45) is 3.33. The van der Waals surface area contributed by atoms with Gasteiger partial charge in [0.1, 0.15) is 0 Å². The van der Waals surface area contributed by atoms with Gasteiger partial charge in [0.15, 0.2) is 11.5 Å². The van der Waals surface area contributed by atoms with Crippen LogP contribution in [0.2, 0.25) is 0 Å². The van der Waals surface area contributed by atoms with Gasteiger partial charge in [-0.3, -0.25) is 4.79 Å². The molecule has 0 radical (unpaired) electrons. The van der Waals surface area contributed by atoms with Crippen molar-refractivity contribution in [2.75, 3.05) is 6.61 Å². The van der Waals surface area contributed by atoms with Crippen LogP contribution in [-0.4, -0.2) is 12.6 Å². The largest absolute Gasteiger partial charge is 0.490 e. The average Bonchev–Trinajstić information content (AvgIpc) is 2.26. The van der Waals surface area contributed by atoms with Crippen LogP contribution in [0.4, 0.5) is 0 Å². The summed E-state index contributed by atoms with van der Waals surface area (Å²) in [6, 6.07) is 7.22. The highest BCUT2D eigenvalue weighted by Crippen LogP contribution is 2.26. The highest BCUT2D eigenvalue weighted by atomic mass is 16.6. The molecule has 0 aliphatic heterocycles. The van der Waals surface area contributed by atoms with E-state index in [1.807, 2.05) is 18.2 Å². The van der Waals surface area contributed by atoms with Gasteiger partial charge in [-0.25, -0.2) is 0 Å². The van der Waals surface area contributed by atoms with Crippen LogP contribution in [0.3, 0.4) is 0 Å². The van der Waals surface area contributed by atoms with Crippen molar-refractivity contribution in [3.8, 4) is 11.5 Å². The summed E-state index contributed by atoms with van der Waals surface area (Å²) in [6.45, 7) is 4.19. The van der Waals surface area contributed by atoms with Crippen molar-refractivity contribution in [2.45, 2.75) is 33.1 Å². The Morgan fingerprint density at radius 3 is 2.50 bits per heavy atom. The fraction of sp³-hybridized carbons (Fsp3) is 0.462. The van der Waals surface area contributed by atoms with E-state index < -0.39 is 0 Å². The van der Waals surface area contributed by atoms with E-state index in [1.165, 1.54) is 6.92 Å². The number of hydrogen-bond donors (Lipinski definition) is 0. The van der Waals surface area contributed by atoms with E-state index in [9.17, 15) is 4.79 Å². The fourth-order valence-corrected chi connectivity index (χ4v) is 1.34. The van der Waals surface area contributed by atoms with Crippen LogP contribution < -0.4 is 9.47 Å². The zero-order valence-electron chi connectivity index (χ0n) is 9.86. The Kier molecular flexibility index (Phi) is 5.40. The number of para-hydroxylation sites is 2. The lowest BCUT2D eigenvalue weighted by Gasteiger charge is -2.10. The quantitative estimate of drug-likeness (QED) is 0.421. The lowest BCUT2D eigenvalue weighted by Crippen LogP contribution is -2.04. The number of benzene rings is 1. The molecule has 0 aliphatic carbocycles. The highest BCUT2D eigenvalue weighted by Gasteiger charge is 2.05. The minimum atomic E-state index is -0.329. The van der Waals surface area contributed by atoms with Crippen LogP contribution >= 0.6 is 0 Å². The van der Waals surface area contributed by atoms with Gasteiger partial charge < -0.3 is 9.47 Å². The molecule has 0 spiro atoms. The molecule has 3 nitrogen and oxygen atoms in total. The molecule has 1 aromatic rings. The normalized spacial score (nSPS) is 9.88. The molecule has 0 aromatic heterocycles. The molecule has 16 heavy (non-hydrogen) atoms. The third-order valence-corrected chi connectivity index (χ3v) is 2.11. The first kappa shape index (κ1) is 12.6. The van der Waals surface area contributed by atoms with Crippen molar-refractivity contribution < 1.29 is 14.3 Å². The SMILES string of the molecule is CCCCCOc1ccccc1OC(C)=O. The standard InChI is InChI=1S/C13H18O3/c1-3-4-7-10-15-12-8-5-6-9-13(12)16-11(2)14/h5-6,8-9H,3-4,7,10H2,1-2H3. The first-order valence-corrected chi connectivity index (χ1v) is 5.64. The summed E-state index contributed by atoms with van der Waals surface area (Å²) in [7, 11) is 0. The van der Waals surface area contributed by atoms with Gasteiger partial charge in [-0.1, -0.05) is 31.9 Å². The number of carbonyl (C=O) groups excluding carboxylic acids is 1. The summed E-state index contributed by atoms with van der Waals surface area (Å²) in [5.41, 5.74) is 0. The van der Waals surface area contributed by atoms with Gasteiger partial charge in [0.2, 0.25) is 0 Å². The summed E-state index contributed by atoms with van der Waals surface area (Å²) < 4.78 is 10.6. The topological polar surface area (TPSA) is 35.5 Å². The lowest BCUT2D eigenvalue weighted by atomic mass is 10.2. The van der Waals surface area contributed by atoms with E-state index in [2.05, 4.69) is 6.92 Å². The van der Waals surface area contributed by atoms with Crippen LogP contribution in [0.5, 0.6) is 11.5 Å². The molecule has 0 heterocycles. The monoisotopic (exact) mass is 222 g/mol. The van der Waals surface area contributed by atoms with Crippen molar-refractivity contribution >= 4 is 5.97 Å². The van der Waals surface area contributed by atoms with Crippen LogP contribution in [0.25, 0.3) is 0 Å². The Balaban J connectivity index is 2.53. The lowest BCUT2D eigenvalue weighted by molar-refractivity contribution is -0.132. The van der Waals surface area contributed by atoms with E-state index in [0.29, 0.717) is 18.1 Å². The first-order valence-electron chi connectivity index (χ1n) is 5.64. The number of ether oxygens (including phenoxy) is 2. The number of hydrogen-bond acceptors (Lipinski definition) is 3. The number of unbranched alkanes of at least 4 members (excludes halogenated alkanes) is 2. The maximum atomic E-state index is 10.9. The molecule has 0 saturated heterocycles. The maximum Gasteiger partial charge on any atom is 0.308 e. The molecular weight excluding hydrogens is 204 g/mol. The molecule has 0 fully saturated rings. The Labute approximate surface area is 96.4 Å². The molecule has 0 amide bonds. The summed E-state index contributed by atoms with van der Waals surface area (Å²) in [5, 5.41) is 0. The third kappa shape index (κ3) is 4.34. The second-order valence-electron chi connectivity index (χ2n) is 3.60. The average molecular weight is 222 g/mol. The number of esters is 1. The van der Waals surface area contributed by atoms with Crippen LogP contribution in [0.1, 0.15) is 33.1 Å². The van der Waals surface area contributed by atoms with Crippen molar-refractivity contribution in [3.63, 3.8) is 0 Å². The molecule has 3 heteroatoms. The summed E-state index contributed by atoms with van der Waals surface area (Å²) in [4.78, 5) is 10.9. The van der Waals surface area contributed by atoms with Crippen molar-refractivity contribution in [2.24, 2.45) is 0 Å². The number of rotatable bonds is 6. The first-order chi connectivity index (χ1) is 7.74. The van der Waals surface area contributed by atoms with Gasteiger partial charge in [-0.05, 0) is 18.6 Å². The smallest absolute Gasteiger partial charge is 0.308 e. The molecule has 0 aliphatic rings. The molecule has 88 valence electrons. The van der Waals surface area contributed by atoms with E-state index in [1.54, 1.807) is 6.07 Å². The number of carbonyl (C=O) groups is 1. The highest BCUT2D eigenvalue weighted by molar-refractivity contribution is 5.70. The van der Waals surface area contributed by atoms with Crippen LogP contribution in [-0.2, 0) is 4.79 Å². The van der Waals surface area contributed by atoms with Gasteiger partial charge >= 0.3 is 5.97 Å². The predicted molar refractivity (Wildman–Crippen MR) is 62.8 cm³/mol. The zero-order valence-corrected chi connectivity index (χ0v) is 9.86. The minimum absolute atomic E-state index is 0.329. The summed E-state index contributed by atoms with van der Waals surface area (Å²) in [5.74, 6) is 0.796. The van der Waals surface area contributed by atoms with Crippen molar-refractivity contribution in [1.29, 1.82) is 0 Å². The van der Waals surface area contributed by atoms with E-state index in [0.717, 1.165) is 19.3 Å². The van der Waals surface area contributed by atoms with Crippen molar-refractivity contribution in [3.05, 3.63) is 24.3 Å². The molecule has 1 rings (SSSR count). The molecule has 0 N–H and O–H groups in total. The molecule has 0 bridgehead atoms. The Bertz CT molecular complexity index is 334. The van der Waals surface area contributed by atoms with Crippen LogP contribution in [0.15, 0.2) is 24.3 Å². The molecule has 1 aromatic carbocycles. The van der Waals surface area contributed by atoms with E-state index >= 15 is 0 Å². The third-order valence-electron chi connectivity index (χ3n) is 2.11. The van der Waals surface area contributed by atoms with E-state index in [-0.39, 0.29) is 5.97 Å². The Morgan fingerprint density at radius 1 is 1.19 bits per heavy atom. The van der Waals surface area contributed by atoms with Gasteiger partial charge in [0, 0.05) is 6.92 Å². The van der Waals surface area contributed by atoms with Crippen LogP contribution in [0, 0.1) is 0 Å². The zero-order chi connectivity index (χ0) is 11.8. The second kappa shape index (κ2) is 6.88. The fourth-order valence-electron chi connectivity index (χ4n) is 1.34. The van der Waals surface area contributed by atoms with Gasteiger partial charge in [0.05, 0.1) is 6.61 Å². The minimum Gasteiger partial charge on any atom is -0.490 e. The maximum absolute atomic E-state index is 10.9. The van der Waals surface area contributed by atoms with Gasteiger partial charge in [-0.2, -0.15) is 0 Å². The second-order valence-corrected chi connectivity index (χ2v) is 3.60. The van der Waals surface area contributed by atoms with E-state index in [4.69, 9.17) is 9.47 Å².